The van der Waals surface area contributed by atoms with Crippen LogP contribution >= 0.6 is 34.8 Å². The predicted molar refractivity (Wildman–Crippen MR) is 41.9 cm³/mol. The van der Waals surface area contributed by atoms with E-state index in [1.54, 1.807) is 6.08 Å². The van der Waals surface area contributed by atoms with Crippen molar-refractivity contribution < 1.29 is 0 Å². The number of halogens is 3. The lowest BCUT2D eigenvalue weighted by Crippen LogP contribution is -1.86. The van der Waals surface area contributed by atoms with Gasteiger partial charge in [-0.2, -0.15) is 0 Å². The summed E-state index contributed by atoms with van der Waals surface area (Å²) in [6.07, 6.45) is 3.28. The normalized spacial score (nSPS) is 20.1. The van der Waals surface area contributed by atoms with Gasteiger partial charge in [-0.1, -0.05) is 34.8 Å². The Kier molecular flexibility index (Phi) is 2.45. The van der Waals surface area contributed by atoms with Crippen molar-refractivity contribution in [3.05, 3.63) is 21.2 Å². The van der Waals surface area contributed by atoms with Gasteiger partial charge < -0.3 is 0 Å². The second-order valence-electron chi connectivity index (χ2n) is 1.84. The molecule has 0 unspecified atom stereocenters. The highest BCUT2D eigenvalue weighted by Crippen LogP contribution is 2.30. The van der Waals surface area contributed by atoms with Crippen molar-refractivity contribution in [1.82, 2.24) is 0 Å². The SMILES string of the molecule is ClC1=CC(Cl)=C(Cl)CC1. The molecule has 0 atom stereocenters. The maximum Gasteiger partial charge on any atom is 0.0562 e. The first-order chi connectivity index (χ1) is 4.20. The second-order valence-corrected chi connectivity index (χ2v) is 3.19. The van der Waals surface area contributed by atoms with Crippen LogP contribution in [-0.2, 0) is 0 Å². The van der Waals surface area contributed by atoms with Crippen LogP contribution in [-0.4, -0.2) is 0 Å². The van der Waals surface area contributed by atoms with Crippen LogP contribution in [0.3, 0.4) is 0 Å². The average molecular weight is 183 g/mol. The first kappa shape index (κ1) is 7.46. The maximum atomic E-state index is 5.68. The van der Waals surface area contributed by atoms with Crippen LogP contribution < -0.4 is 0 Å². The van der Waals surface area contributed by atoms with E-state index in [0.29, 0.717) is 10.1 Å². The molecule has 0 aromatic heterocycles. The molecule has 0 N–H and O–H groups in total. The highest BCUT2D eigenvalue weighted by molar-refractivity contribution is 6.41. The lowest BCUT2D eigenvalue weighted by Gasteiger charge is -2.06. The summed E-state index contributed by atoms with van der Waals surface area (Å²) in [7, 11) is 0. The maximum absolute atomic E-state index is 5.68. The van der Waals surface area contributed by atoms with Crippen molar-refractivity contribution in [2.45, 2.75) is 12.8 Å². The summed E-state index contributed by atoms with van der Waals surface area (Å²) < 4.78 is 0. The Labute approximate surface area is 69.1 Å². The number of allylic oxidation sites excluding steroid dienone is 4. The molecule has 0 saturated carbocycles. The van der Waals surface area contributed by atoms with Crippen LogP contribution in [0.5, 0.6) is 0 Å². The van der Waals surface area contributed by atoms with Gasteiger partial charge in [0.1, 0.15) is 0 Å². The molecule has 0 bridgehead atoms. The summed E-state index contributed by atoms with van der Waals surface area (Å²) in [4.78, 5) is 0. The zero-order valence-electron chi connectivity index (χ0n) is 4.63. The van der Waals surface area contributed by atoms with Crippen molar-refractivity contribution >= 4 is 34.8 Å². The van der Waals surface area contributed by atoms with Crippen molar-refractivity contribution in [2.75, 3.05) is 0 Å². The van der Waals surface area contributed by atoms with Crippen molar-refractivity contribution in [3.63, 3.8) is 0 Å². The van der Waals surface area contributed by atoms with Gasteiger partial charge in [-0.25, -0.2) is 0 Å². The molecule has 0 aliphatic heterocycles. The topological polar surface area (TPSA) is 0 Å². The molecule has 1 aliphatic carbocycles. The van der Waals surface area contributed by atoms with E-state index in [0.717, 1.165) is 17.9 Å². The number of hydrogen-bond donors (Lipinski definition) is 0. The van der Waals surface area contributed by atoms with Crippen LogP contribution in [0.1, 0.15) is 12.8 Å². The van der Waals surface area contributed by atoms with Gasteiger partial charge in [-0.3, -0.25) is 0 Å². The summed E-state index contributed by atoms with van der Waals surface area (Å²) in [5, 5.41) is 2.07. The quantitative estimate of drug-likeness (QED) is 0.538. The summed E-state index contributed by atoms with van der Waals surface area (Å²) in [5.74, 6) is 0. The standard InChI is InChI=1S/C6H5Cl3/c7-4-1-2-5(8)6(9)3-4/h3H,1-2H2. The third-order valence-electron chi connectivity index (χ3n) is 1.13. The molecule has 0 aromatic rings. The Hall–Kier alpha value is 0.350. The Bertz CT molecular complexity index is 179. The van der Waals surface area contributed by atoms with Crippen LogP contribution in [0.25, 0.3) is 0 Å². The third-order valence-corrected chi connectivity index (χ3v) is 2.25. The molecule has 0 radical (unpaired) electrons. The Balaban J connectivity index is 2.83. The van der Waals surface area contributed by atoms with Gasteiger partial charge in [0.15, 0.2) is 0 Å². The van der Waals surface area contributed by atoms with Gasteiger partial charge in [-0.05, 0) is 18.9 Å². The first-order valence-corrected chi connectivity index (χ1v) is 3.74. The molecule has 50 valence electrons. The van der Waals surface area contributed by atoms with Gasteiger partial charge in [0.25, 0.3) is 0 Å². The number of rotatable bonds is 0. The van der Waals surface area contributed by atoms with Crippen LogP contribution in [0.4, 0.5) is 0 Å². The summed E-state index contributed by atoms with van der Waals surface area (Å²) in [5.41, 5.74) is 0. The van der Waals surface area contributed by atoms with Crippen LogP contribution in [0.15, 0.2) is 21.2 Å². The van der Waals surface area contributed by atoms with E-state index < -0.39 is 0 Å². The van der Waals surface area contributed by atoms with Gasteiger partial charge >= 0.3 is 0 Å². The van der Waals surface area contributed by atoms with Gasteiger partial charge in [0, 0.05) is 10.1 Å². The molecule has 0 heterocycles. The molecule has 0 nitrogen and oxygen atoms in total. The van der Waals surface area contributed by atoms with Crippen LogP contribution in [0.2, 0.25) is 0 Å². The fourth-order valence-electron chi connectivity index (χ4n) is 0.637. The van der Waals surface area contributed by atoms with E-state index in [1.165, 1.54) is 0 Å². The molecule has 1 rings (SSSR count). The van der Waals surface area contributed by atoms with Crippen molar-refractivity contribution in [3.8, 4) is 0 Å². The highest BCUT2D eigenvalue weighted by Gasteiger charge is 2.07. The fraction of sp³-hybridized carbons (Fsp3) is 0.333. The summed E-state index contributed by atoms with van der Waals surface area (Å²) in [6, 6.07) is 0. The third kappa shape index (κ3) is 1.89. The van der Waals surface area contributed by atoms with Gasteiger partial charge in [-0.15, -0.1) is 0 Å². The second kappa shape index (κ2) is 2.96. The molecule has 0 spiro atoms. The lowest BCUT2D eigenvalue weighted by atomic mass is 10.2. The van der Waals surface area contributed by atoms with E-state index in [2.05, 4.69) is 0 Å². The van der Waals surface area contributed by atoms with Gasteiger partial charge in [0.05, 0.1) is 5.03 Å². The molecule has 0 amide bonds. The van der Waals surface area contributed by atoms with E-state index in [4.69, 9.17) is 34.8 Å². The molecular formula is C6H5Cl3. The molecule has 0 fully saturated rings. The minimum absolute atomic E-state index is 0.577. The highest BCUT2D eigenvalue weighted by atomic mass is 35.5. The Morgan fingerprint density at radius 1 is 1.11 bits per heavy atom. The van der Waals surface area contributed by atoms with E-state index in [-0.39, 0.29) is 0 Å². The zero-order chi connectivity index (χ0) is 6.85. The van der Waals surface area contributed by atoms with Gasteiger partial charge in [0.2, 0.25) is 0 Å². The molecule has 9 heavy (non-hydrogen) atoms. The molecule has 0 saturated heterocycles. The zero-order valence-corrected chi connectivity index (χ0v) is 6.89. The van der Waals surface area contributed by atoms with E-state index >= 15 is 0 Å². The monoisotopic (exact) mass is 182 g/mol. The molecule has 0 aromatic carbocycles. The van der Waals surface area contributed by atoms with Crippen molar-refractivity contribution in [2.24, 2.45) is 0 Å². The smallest absolute Gasteiger partial charge is 0.0562 e. The molecule has 3 heteroatoms. The summed E-state index contributed by atoms with van der Waals surface area (Å²) >= 11 is 17.0. The summed E-state index contributed by atoms with van der Waals surface area (Å²) in [6.45, 7) is 0. The lowest BCUT2D eigenvalue weighted by molar-refractivity contribution is 0.994. The Morgan fingerprint density at radius 3 is 2.22 bits per heavy atom. The molecular weight excluding hydrogens is 178 g/mol. The molecule has 1 aliphatic rings. The minimum atomic E-state index is 0.577. The predicted octanol–water partition coefficient (Wildman–Crippen LogP) is 3.59. The average Bonchev–Trinajstić information content (AvgIpc) is 1.80. The van der Waals surface area contributed by atoms with Crippen molar-refractivity contribution in [1.29, 1.82) is 0 Å². The minimum Gasteiger partial charge on any atom is -0.0891 e. The first-order valence-electron chi connectivity index (χ1n) is 2.60. The fourth-order valence-corrected chi connectivity index (χ4v) is 1.27. The van der Waals surface area contributed by atoms with E-state index in [9.17, 15) is 0 Å². The number of hydrogen-bond acceptors (Lipinski definition) is 0. The van der Waals surface area contributed by atoms with E-state index in [1.807, 2.05) is 0 Å². The Morgan fingerprint density at radius 2 is 1.78 bits per heavy atom. The van der Waals surface area contributed by atoms with Crippen LogP contribution in [0, 0.1) is 0 Å². The largest absolute Gasteiger partial charge is 0.0891 e.